The molecule has 100 valence electrons. The number of urea groups is 1. The summed E-state index contributed by atoms with van der Waals surface area (Å²) in [6.07, 6.45) is 0. The SMILES string of the molecule is Cc1ccc(C)c(C2NC(=O)N(CC(=O)O)C2=O)c1. The van der Waals surface area contributed by atoms with Crippen LogP contribution in [0.4, 0.5) is 4.79 Å². The molecule has 0 bridgehead atoms. The molecule has 2 N–H and O–H groups in total. The smallest absolute Gasteiger partial charge is 0.325 e. The molecule has 0 radical (unpaired) electrons. The van der Waals surface area contributed by atoms with Gasteiger partial charge in [0.25, 0.3) is 5.91 Å². The van der Waals surface area contributed by atoms with Gasteiger partial charge in [-0.2, -0.15) is 0 Å². The van der Waals surface area contributed by atoms with Gasteiger partial charge in [-0.1, -0.05) is 23.8 Å². The molecule has 1 aromatic carbocycles. The van der Waals surface area contributed by atoms with Crippen molar-refractivity contribution in [2.75, 3.05) is 6.54 Å². The van der Waals surface area contributed by atoms with Crippen molar-refractivity contribution in [1.29, 1.82) is 0 Å². The summed E-state index contributed by atoms with van der Waals surface area (Å²) >= 11 is 0. The van der Waals surface area contributed by atoms with E-state index in [1.807, 2.05) is 32.0 Å². The number of carboxylic acid groups (broad SMARTS) is 1. The highest BCUT2D eigenvalue weighted by atomic mass is 16.4. The molecule has 6 nitrogen and oxygen atoms in total. The molecule has 1 fully saturated rings. The van der Waals surface area contributed by atoms with Crippen molar-refractivity contribution in [1.82, 2.24) is 10.2 Å². The molecular weight excluding hydrogens is 248 g/mol. The lowest BCUT2D eigenvalue weighted by molar-refractivity contribution is -0.141. The molecular formula is C13H14N2O4. The van der Waals surface area contributed by atoms with Gasteiger partial charge in [-0.05, 0) is 25.0 Å². The maximum Gasteiger partial charge on any atom is 0.325 e. The van der Waals surface area contributed by atoms with Crippen molar-refractivity contribution in [3.05, 3.63) is 34.9 Å². The topological polar surface area (TPSA) is 86.7 Å². The number of carbonyl (C=O) groups excluding carboxylic acids is 2. The van der Waals surface area contributed by atoms with Crippen LogP contribution in [0.1, 0.15) is 22.7 Å². The highest BCUT2D eigenvalue weighted by molar-refractivity contribution is 6.06. The lowest BCUT2D eigenvalue weighted by Gasteiger charge is -2.13. The fourth-order valence-corrected chi connectivity index (χ4v) is 2.09. The molecule has 3 amide bonds. The number of aryl methyl sites for hydroxylation is 2. The van der Waals surface area contributed by atoms with Crippen LogP contribution in [0.2, 0.25) is 0 Å². The fourth-order valence-electron chi connectivity index (χ4n) is 2.09. The Bertz CT molecular complexity index is 568. The van der Waals surface area contributed by atoms with Gasteiger partial charge in [0.2, 0.25) is 0 Å². The second-order valence-electron chi connectivity index (χ2n) is 4.56. The molecule has 1 aliphatic heterocycles. The van der Waals surface area contributed by atoms with Gasteiger partial charge in [0.05, 0.1) is 0 Å². The predicted octanol–water partition coefficient (Wildman–Crippen LogP) is 0.981. The largest absolute Gasteiger partial charge is 0.480 e. The second kappa shape index (κ2) is 4.72. The standard InChI is InChI=1S/C13H14N2O4/c1-7-3-4-8(2)9(5-7)11-12(18)15(6-10(16)17)13(19)14-11/h3-5,11H,6H2,1-2H3,(H,14,19)(H,16,17). The van der Waals surface area contributed by atoms with Gasteiger partial charge in [-0.25, -0.2) is 4.79 Å². The second-order valence-corrected chi connectivity index (χ2v) is 4.56. The summed E-state index contributed by atoms with van der Waals surface area (Å²) in [7, 11) is 0. The Morgan fingerprint density at radius 1 is 1.37 bits per heavy atom. The number of aliphatic carboxylic acids is 1. The maximum atomic E-state index is 12.1. The predicted molar refractivity (Wildman–Crippen MR) is 66.5 cm³/mol. The van der Waals surface area contributed by atoms with Crippen LogP contribution < -0.4 is 5.32 Å². The molecule has 1 atom stereocenters. The summed E-state index contributed by atoms with van der Waals surface area (Å²) in [4.78, 5) is 35.1. The minimum atomic E-state index is -1.22. The quantitative estimate of drug-likeness (QED) is 0.795. The Morgan fingerprint density at radius 2 is 2.05 bits per heavy atom. The Balaban J connectivity index is 2.32. The molecule has 19 heavy (non-hydrogen) atoms. The van der Waals surface area contributed by atoms with Crippen LogP contribution in [0.15, 0.2) is 18.2 Å². The molecule has 2 rings (SSSR count). The van der Waals surface area contributed by atoms with Crippen LogP contribution in [0.5, 0.6) is 0 Å². The first-order chi connectivity index (χ1) is 8.90. The third-order valence-electron chi connectivity index (χ3n) is 3.07. The first-order valence-corrected chi connectivity index (χ1v) is 5.81. The van der Waals surface area contributed by atoms with E-state index >= 15 is 0 Å². The number of amides is 3. The molecule has 1 aliphatic rings. The van der Waals surface area contributed by atoms with Crippen LogP contribution in [-0.2, 0) is 9.59 Å². The summed E-state index contributed by atoms with van der Waals surface area (Å²) in [5, 5.41) is 11.2. The van der Waals surface area contributed by atoms with E-state index in [4.69, 9.17) is 5.11 Å². The minimum Gasteiger partial charge on any atom is -0.480 e. The number of imide groups is 1. The summed E-state index contributed by atoms with van der Waals surface area (Å²) < 4.78 is 0. The maximum absolute atomic E-state index is 12.1. The van der Waals surface area contributed by atoms with Crippen LogP contribution in [0.25, 0.3) is 0 Å². The van der Waals surface area contributed by atoms with Crippen molar-refractivity contribution in [3.8, 4) is 0 Å². The normalized spacial score (nSPS) is 18.6. The molecule has 1 unspecified atom stereocenters. The Morgan fingerprint density at radius 3 is 2.68 bits per heavy atom. The zero-order valence-corrected chi connectivity index (χ0v) is 10.6. The Labute approximate surface area is 110 Å². The number of carbonyl (C=O) groups is 3. The van der Waals surface area contributed by atoms with E-state index in [1.54, 1.807) is 0 Å². The van der Waals surface area contributed by atoms with Gasteiger partial charge in [-0.3, -0.25) is 14.5 Å². The van der Waals surface area contributed by atoms with Gasteiger partial charge >= 0.3 is 12.0 Å². The molecule has 0 aromatic heterocycles. The highest BCUT2D eigenvalue weighted by Crippen LogP contribution is 2.25. The lowest BCUT2D eigenvalue weighted by Crippen LogP contribution is -2.35. The zero-order valence-electron chi connectivity index (χ0n) is 10.6. The van der Waals surface area contributed by atoms with Crippen molar-refractivity contribution in [2.24, 2.45) is 0 Å². The minimum absolute atomic E-state index is 0.527. The lowest BCUT2D eigenvalue weighted by atomic mass is 9.99. The van der Waals surface area contributed by atoms with Crippen molar-refractivity contribution >= 4 is 17.9 Å². The van der Waals surface area contributed by atoms with Gasteiger partial charge in [0, 0.05) is 0 Å². The molecule has 0 saturated carbocycles. The van der Waals surface area contributed by atoms with Crippen molar-refractivity contribution in [3.63, 3.8) is 0 Å². The summed E-state index contributed by atoms with van der Waals surface area (Å²) in [6.45, 7) is 3.11. The number of benzene rings is 1. The number of nitrogens with one attached hydrogen (secondary N) is 1. The van der Waals surface area contributed by atoms with Gasteiger partial charge in [0.15, 0.2) is 0 Å². The third-order valence-corrected chi connectivity index (χ3v) is 3.07. The molecule has 6 heteroatoms. The van der Waals surface area contributed by atoms with E-state index in [1.165, 1.54) is 0 Å². The average Bonchev–Trinajstić information content (AvgIpc) is 2.60. The fraction of sp³-hybridized carbons (Fsp3) is 0.308. The van der Waals surface area contributed by atoms with Crippen LogP contribution in [-0.4, -0.2) is 34.5 Å². The van der Waals surface area contributed by atoms with Crippen LogP contribution in [0.3, 0.4) is 0 Å². The molecule has 1 aromatic rings. The van der Waals surface area contributed by atoms with Crippen LogP contribution in [0, 0.1) is 13.8 Å². The van der Waals surface area contributed by atoms with E-state index in [9.17, 15) is 14.4 Å². The summed E-state index contributed by atoms with van der Waals surface area (Å²) in [5.74, 6) is -1.74. The Kier molecular flexibility index (Phi) is 3.25. The van der Waals surface area contributed by atoms with Gasteiger partial charge in [0.1, 0.15) is 12.6 Å². The third kappa shape index (κ3) is 2.42. The van der Waals surface area contributed by atoms with E-state index < -0.39 is 30.5 Å². The van der Waals surface area contributed by atoms with Crippen molar-refractivity contribution in [2.45, 2.75) is 19.9 Å². The van der Waals surface area contributed by atoms with Gasteiger partial charge in [-0.15, -0.1) is 0 Å². The number of rotatable bonds is 3. The highest BCUT2D eigenvalue weighted by Gasteiger charge is 2.40. The van der Waals surface area contributed by atoms with E-state index in [0.29, 0.717) is 5.56 Å². The number of hydrogen-bond donors (Lipinski definition) is 2. The van der Waals surface area contributed by atoms with E-state index in [2.05, 4.69) is 5.32 Å². The molecule has 0 aliphatic carbocycles. The van der Waals surface area contributed by atoms with Gasteiger partial charge < -0.3 is 10.4 Å². The molecule has 1 heterocycles. The summed E-state index contributed by atoms with van der Waals surface area (Å²) in [6, 6.07) is 4.13. The average molecular weight is 262 g/mol. The first-order valence-electron chi connectivity index (χ1n) is 5.81. The van der Waals surface area contributed by atoms with E-state index in [0.717, 1.165) is 16.0 Å². The van der Waals surface area contributed by atoms with E-state index in [-0.39, 0.29) is 0 Å². The number of carboxylic acids is 1. The number of nitrogens with zero attached hydrogens (tertiary/aromatic N) is 1. The summed E-state index contributed by atoms with van der Waals surface area (Å²) in [5.41, 5.74) is 2.55. The zero-order chi connectivity index (χ0) is 14.2. The molecule has 1 saturated heterocycles. The monoisotopic (exact) mass is 262 g/mol. The first kappa shape index (κ1) is 13.1. The van der Waals surface area contributed by atoms with Crippen LogP contribution >= 0.6 is 0 Å². The Hall–Kier alpha value is -2.37. The van der Waals surface area contributed by atoms with Crippen molar-refractivity contribution < 1.29 is 19.5 Å². The molecule has 0 spiro atoms. The number of hydrogen-bond acceptors (Lipinski definition) is 3.